The van der Waals surface area contributed by atoms with Crippen molar-refractivity contribution < 1.29 is 9.47 Å². The van der Waals surface area contributed by atoms with Gasteiger partial charge in [0.05, 0.1) is 12.8 Å². The van der Waals surface area contributed by atoms with Crippen LogP contribution in [-0.4, -0.2) is 18.1 Å². The van der Waals surface area contributed by atoms with Gasteiger partial charge in [0.2, 0.25) is 0 Å². The van der Waals surface area contributed by atoms with E-state index in [2.05, 4.69) is 24.1 Å². The van der Waals surface area contributed by atoms with E-state index in [0.29, 0.717) is 12.6 Å². The van der Waals surface area contributed by atoms with Crippen molar-refractivity contribution >= 4 is 0 Å². The lowest BCUT2D eigenvalue weighted by Crippen LogP contribution is -2.21. The third-order valence-corrected chi connectivity index (χ3v) is 3.04. The Bertz CT molecular complexity index is 556. The second-order valence-corrected chi connectivity index (χ2v) is 5.13. The van der Waals surface area contributed by atoms with Gasteiger partial charge in [-0.1, -0.05) is 26.0 Å². The van der Waals surface area contributed by atoms with E-state index >= 15 is 0 Å². The predicted molar refractivity (Wildman–Crippen MR) is 83.5 cm³/mol. The second kappa shape index (κ2) is 7.64. The van der Waals surface area contributed by atoms with E-state index in [9.17, 15) is 0 Å². The van der Waals surface area contributed by atoms with Crippen molar-refractivity contribution in [2.75, 3.05) is 7.11 Å². The fourth-order valence-electron chi connectivity index (χ4n) is 1.90. The minimum Gasteiger partial charge on any atom is -0.493 e. The Kier molecular flexibility index (Phi) is 5.58. The van der Waals surface area contributed by atoms with Gasteiger partial charge in [-0.25, -0.2) is 0 Å². The molecule has 0 aliphatic carbocycles. The van der Waals surface area contributed by atoms with Crippen molar-refractivity contribution in [1.82, 2.24) is 10.3 Å². The zero-order chi connectivity index (χ0) is 15.1. The summed E-state index contributed by atoms with van der Waals surface area (Å²) in [5.41, 5.74) is 2.06. The largest absolute Gasteiger partial charge is 0.493 e. The number of benzene rings is 1. The summed E-state index contributed by atoms with van der Waals surface area (Å²) in [5.74, 6) is 1.48. The Balaban J connectivity index is 2.06. The third-order valence-electron chi connectivity index (χ3n) is 3.04. The van der Waals surface area contributed by atoms with E-state index in [-0.39, 0.29) is 0 Å². The van der Waals surface area contributed by atoms with Crippen LogP contribution in [0.1, 0.15) is 25.1 Å². The molecule has 112 valence electrons. The highest BCUT2D eigenvalue weighted by atomic mass is 16.5. The maximum atomic E-state index is 5.85. The second-order valence-electron chi connectivity index (χ2n) is 5.13. The predicted octanol–water partition coefficient (Wildman–Crippen LogP) is 3.17. The summed E-state index contributed by atoms with van der Waals surface area (Å²) >= 11 is 0. The van der Waals surface area contributed by atoms with Crippen molar-refractivity contribution in [2.24, 2.45) is 0 Å². The SMILES string of the molecule is COc1ccc(CNC(C)C)cc1OCc1ccccn1. The van der Waals surface area contributed by atoms with Crippen molar-refractivity contribution in [3.63, 3.8) is 0 Å². The van der Waals surface area contributed by atoms with Gasteiger partial charge in [0.1, 0.15) is 6.61 Å². The standard InChI is InChI=1S/C17H22N2O2/c1-13(2)19-11-14-7-8-16(20-3)17(10-14)21-12-15-6-4-5-9-18-15/h4-10,13,19H,11-12H2,1-3H3. The maximum Gasteiger partial charge on any atom is 0.162 e. The quantitative estimate of drug-likeness (QED) is 0.849. The lowest BCUT2D eigenvalue weighted by atomic mass is 10.2. The molecule has 1 aromatic carbocycles. The van der Waals surface area contributed by atoms with Crippen LogP contribution in [0.5, 0.6) is 11.5 Å². The highest BCUT2D eigenvalue weighted by Gasteiger charge is 2.07. The van der Waals surface area contributed by atoms with Crippen molar-refractivity contribution in [3.8, 4) is 11.5 Å². The first kappa shape index (κ1) is 15.3. The molecule has 0 unspecified atom stereocenters. The fourth-order valence-corrected chi connectivity index (χ4v) is 1.90. The molecule has 4 heteroatoms. The number of nitrogens with one attached hydrogen (secondary N) is 1. The lowest BCUT2D eigenvalue weighted by Gasteiger charge is -2.13. The summed E-state index contributed by atoms with van der Waals surface area (Å²) in [4.78, 5) is 4.25. The third kappa shape index (κ3) is 4.76. The smallest absolute Gasteiger partial charge is 0.162 e. The van der Waals surface area contributed by atoms with Gasteiger partial charge in [0.15, 0.2) is 11.5 Å². The normalized spacial score (nSPS) is 10.7. The Morgan fingerprint density at radius 2 is 2.00 bits per heavy atom. The van der Waals surface area contributed by atoms with Gasteiger partial charge in [-0.3, -0.25) is 4.98 Å². The van der Waals surface area contributed by atoms with Gasteiger partial charge >= 0.3 is 0 Å². The molecule has 0 amide bonds. The molecule has 21 heavy (non-hydrogen) atoms. The summed E-state index contributed by atoms with van der Waals surface area (Å²) in [7, 11) is 1.65. The Labute approximate surface area is 126 Å². The molecule has 0 bridgehead atoms. The molecule has 0 spiro atoms. The number of pyridine rings is 1. The van der Waals surface area contributed by atoms with Crippen LogP contribution in [0.3, 0.4) is 0 Å². The number of rotatable bonds is 7. The molecule has 1 N–H and O–H groups in total. The molecule has 2 rings (SSSR count). The number of hydrogen-bond donors (Lipinski definition) is 1. The summed E-state index contributed by atoms with van der Waals surface area (Å²) in [5, 5.41) is 3.39. The molecule has 1 aromatic heterocycles. The first-order valence-electron chi connectivity index (χ1n) is 7.12. The molecule has 0 atom stereocenters. The molecule has 0 saturated carbocycles. The number of nitrogens with zero attached hydrogens (tertiary/aromatic N) is 1. The van der Waals surface area contributed by atoms with Crippen LogP contribution in [0.15, 0.2) is 42.6 Å². The van der Waals surface area contributed by atoms with E-state index in [4.69, 9.17) is 9.47 Å². The van der Waals surface area contributed by atoms with Gasteiger partial charge < -0.3 is 14.8 Å². The van der Waals surface area contributed by atoms with Crippen LogP contribution in [-0.2, 0) is 13.2 Å². The zero-order valence-corrected chi connectivity index (χ0v) is 12.8. The van der Waals surface area contributed by atoms with Crippen LogP contribution in [0.2, 0.25) is 0 Å². The Hall–Kier alpha value is -2.07. The maximum absolute atomic E-state index is 5.85. The lowest BCUT2D eigenvalue weighted by molar-refractivity contribution is 0.280. The van der Waals surface area contributed by atoms with E-state index in [1.807, 2.05) is 36.4 Å². The Morgan fingerprint density at radius 3 is 2.67 bits per heavy atom. The molecule has 4 nitrogen and oxygen atoms in total. The Morgan fingerprint density at radius 1 is 1.14 bits per heavy atom. The van der Waals surface area contributed by atoms with Crippen LogP contribution < -0.4 is 14.8 Å². The highest BCUT2D eigenvalue weighted by molar-refractivity contribution is 5.43. The van der Waals surface area contributed by atoms with E-state index in [0.717, 1.165) is 23.7 Å². The van der Waals surface area contributed by atoms with Crippen LogP contribution in [0, 0.1) is 0 Å². The molecule has 2 aromatic rings. The highest BCUT2D eigenvalue weighted by Crippen LogP contribution is 2.28. The van der Waals surface area contributed by atoms with Crippen molar-refractivity contribution in [1.29, 1.82) is 0 Å². The first-order valence-corrected chi connectivity index (χ1v) is 7.12. The molecular formula is C17H22N2O2. The average molecular weight is 286 g/mol. The van der Waals surface area contributed by atoms with E-state index in [1.165, 1.54) is 5.56 Å². The van der Waals surface area contributed by atoms with E-state index in [1.54, 1.807) is 13.3 Å². The van der Waals surface area contributed by atoms with Gasteiger partial charge in [-0.2, -0.15) is 0 Å². The van der Waals surface area contributed by atoms with Crippen LogP contribution in [0.25, 0.3) is 0 Å². The molecule has 0 saturated heterocycles. The molecule has 0 fully saturated rings. The first-order chi connectivity index (χ1) is 10.2. The molecule has 0 aliphatic rings. The number of aromatic nitrogens is 1. The van der Waals surface area contributed by atoms with Crippen molar-refractivity contribution in [2.45, 2.75) is 33.0 Å². The van der Waals surface area contributed by atoms with E-state index < -0.39 is 0 Å². The minimum atomic E-state index is 0.429. The van der Waals surface area contributed by atoms with Gasteiger partial charge in [0.25, 0.3) is 0 Å². The molecule has 0 radical (unpaired) electrons. The monoisotopic (exact) mass is 286 g/mol. The average Bonchev–Trinajstić information content (AvgIpc) is 2.52. The number of hydrogen-bond acceptors (Lipinski definition) is 4. The molecular weight excluding hydrogens is 264 g/mol. The number of methoxy groups -OCH3 is 1. The summed E-state index contributed by atoms with van der Waals surface area (Å²) in [6, 6.07) is 12.2. The summed E-state index contributed by atoms with van der Waals surface area (Å²) in [6.45, 7) is 5.49. The molecule has 0 aliphatic heterocycles. The van der Waals surface area contributed by atoms with Gasteiger partial charge in [-0.05, 0) is 29.8 Å². The van der Waals surface area contributed by atoms with Gasteiger partial charge in [0, 0.05) is 18.8 Å². The molecule has 1 heterocycles. The van der Waals surface area contributed by atoms with Crippen LogP contribution in [0.4, 0.5) is 0 Å². The summed E-state index contributed by atoms with van der Waals surface area (Å²) < 4.78 is 11.2. The van der Waals surface area contributed by atoms with Crippen molar-refractivity contribution in [3.05, 3.63) is 53.9 Å². The summed E-state index contributed by atoms with van der Waals surface area (Å²) in [6.07, 6.45) is 1.76. The topological polar surface area (TPSA) is 43.4 Å². The zero-order valence-electron chi connectivity index (χ0n) is 12.8. The fraction of sp³-hybridized carbons (Fsp3) is 0.353. The van der Waals surface area contributed by atoms with Crippen LogP contribution >= 0.6 is 0 Å². The minimum absolute atomic E-state index is 0.429. The van der Waals surface area contributed by atoms with Gasteiger partial charge in [-0.15, -0.1) is 0 Å². The number of ether oxygens (including phenoxy) is 2.